The number of hydrogen-bond acceptors (Lipinski definition) is 2. The number of aldehydes is 1. The van der Waals surface area contributed by atoms with Gasteiger partial charge in [0.15, 0.2) is 0 Å². The first kappa shape index (κ1) is 8.24. The third kappa shape index (κ3) is 1.79. The lowest BCUT2D eigenvalue weighted by Gasteiger charge is -2.13. The molecule has 0 radical (unpaired) electrons. The van der Waals surface area contributed by atoms with E-state index in [9.17, 15) is 9.59 Å². The Morgan fingerprint density at radius 2 is 2.45 bits per heavy atom. The maximum atomic E-state index is 11.1. The lowest BCUT2D eigenvalue weighted by Crippen LogP contribution is -2.27. The van der Waals surface area contributed by atoms with E-state index in [2.05, 4.69) is 0 Å². The first-order chi connectivity index (χ1) is 5.27. The van der Waals surface area contributed by atoms with Gasteiger partial charge in [-0.2, -0.15) is 0 Å². The fraction of sp³-hybridized carbons (Fsp3) is 0.750. The highest BCUT2D eigenvalue weighted by molar-refractivity contribution is 5.76. The summed E-state index contributed by atoms with van der Waals surface area (Å²) in [7, 11) is 0. The van der Waals surface area contributed by atoms with Gasteiger partial charge in [-0.1, -0.05) is 6.92 Å². The lowest BCUT2D eigenvalue weighted by molar-refractivity contribution is -0.129. The van der Waals surface area contributed by atoms with Crippen LogP contribution in [0, 0.1) is 5.92 Å². The summed E-state index contributed by atoms with van der Waals surface area (Å²) in [5, 5.41) is 0. The molecule has 1 unspecified atom stereocenters. The Labute approximate surface area is 66.4 Å². The van der Waals surface area contributed by atoms with Crippen molar-refractivity contribution in [3.8, 4) is 0 Å². The molecule has 0 N–H and O–H groups in total. The van der Waals surface area contributed by atoms with Gasteiger partial charge in [0.25, 0.3) is 0 Å². The van der Waals surface area contributed by atoms with Gasteiger partial charge in [0.1, 0.15) is 6.29 Å². The minimum Gasteiger partial charge on any atom is -0.342 e. The third-order valence-corrected chi connectivity index (χ3v) is 2.07. The summed E-state index contributed by atoms with van der Waals surface area (Å²) in [6, 6.07) is 0. The highest BCUT2D eigenvalue weighted by Crippen LogP contribution is 2.14. The van der Waals surface area contributed by atoms with Crippen LogP contribution in [-0.2, 0) is 9.59 Å². The molecule has 1 aliphatic rings. The Bertz CT molecular complexity index is 167. The first-order valence-electron chi connectivity index (χ1n) is 4.01. The van der Waals surface area contributed by atoms with Crippen molar-refractivity contribution < 1.29 is 9.59 Å². The Morgan fingerprint density at radius 1 is 1.73 bits per heavy atom. The van der Waals surface area contributed by atoms with Gasteiger partial charge < -0.3 is 9.69 Å². The zero-order chi connectivity index (χ0) is 8.27. The minimum absolute atomic E-state index is 0.0884. The predicted molar refractivity (Wildman–Crippen MR) is 41.0 cm³/mol. The molecule has 3 nitrogen and oxygen atoms in total. The van der Waals surface area contributed by atoms with Crippen molar-refractivity contribution in [2.24, 2.45) is 5.92 Å². The number of nitrogens with zero attached hydrogens (tertiary/aromatic N) is 1. The molecule has 0 saturated carbocycles. The molecule has 1 fully saturated rings. The molecular formula is C8H13NO2. The largest absolute Gasteiger partial charge is 0.342 e. The van der Waals surface area contributed by atoms with E-state index in [0.717, 1.165) is 19.3 Å². The van der Waals surface area contributed by atoms with Crippen LogP contribution >= 0.6 is 0 Å². The summed E-state index contributed by atoms with van der Waals surface area (Å²) in [5.74, 6) is 0.250. The smallest absolute Gasteiger partial charge is 0.222 e. The molecule has 3 heteroatoms. The summed E-state index contributed by atoms with van der Waals surface area (Å²) >= 11 is 0. The number of amides is 1. The van der Waals surface area contributed by atoms with E-state index < -0.39 is 0 Å². The van der Waals surface area contributed by atoms with Crippen molar-refractivity contribution in [3.63, 3.8) is 0 Å². The van der Waals surface area contributed by atoms with Crippen LogP contribution in [0.15, 0.2) is 0 Å². The monoisotopic (exact) mass is 155 g/mol. The molecule has 1 amide bonds. The van der Waals surface area contributed by atoms with Gasteiger partial charge >= 0.3 is 0 Å². The first-order valence-corrected chi connectivity index (χ1v) is 4.01. The maximum Gasteiger partial charge on any atom is 0.222 e. The number of hydrogen-bond donors (Lipinski definition) is 0. The number of carbonyl (C=O) groups is 2. The van der Waals surface area contributed by atoms with E-state index in [0.29, 0.717) is 13.0 Å². The van der Waals surface area contributed by atoms with Crippen LogP contribution in [0.4, 0.5) is 0 Å². The SMILES string of the molecule is CCC(=O)N1CCC(C=O)C1. The third-order valence-electron chi connectivity index (χ3n) is 2.07. The summed E-state index contributed by atoms with van der Waals surface area (Å²) in [6.07, 6.45) is 2.34. The molecule has 11 heavy (non-hydrogen) atoms. The summed E-state index contributed by atoms with van der Waals surface area (Å²) < 4.78 is 0. The standard InChI is InChI=1S/C8H13NO2/c1-2-8(11)9-4-3-7(5-9)6-10/h6-7H,2-5H2,1H3. The Kier molecular flexibility index (Phi) is 2.63. The molecule has 1 aliphatic heterocycles. The summed E-state index contributed by atoms with van der Waals surface area (Å²) in [5.41, 5.74) is 0. The maximum absolute atomic E-state index is 11.1. The van der Waals surface area contributed by atoms with Crippen molar-refractivity contribution in [2.45, 2.75) is 19.8 Å². The van der Waals surface area contributed by atoms with E-state index in [-0.39, 0.29) is 11.8 Å². The zero-order valence-electron chi connectivity index (χ0n) is 6.75. The Balaban J connectivity index is 2.41. The molecular weight excluding hydrogens is 142 g/mol. The molecule has 1 saturated heterocycles. The van der Waals surface area contributed by atoms with E-state index >= 15 is 0 Å². The van der Waals surface area contributed by atoms with Gasteiger partial charge in [-0.15, -0.1) is 0 Å². The van der Waals surface area contributed by atoms with Gasteiger partial charge in [-0.05, 0) is 6.42 Å². The second-order valence-corrected chi connectivity index (χ2v) is 2.88. The summed E-state index contributed by atoms with van der Waals surface area (Å²) in [4.78, 5) is 23.2. The predicted octanol–water partition coefficient (Wildman–Crippen LogP) is 0.444. The quantitative estimate of drug-likeness (QED) is 0.543. The van der Waals surface area contributed by atoms with Crippen molar-refractivity contribution in [3.05, 3.63) is 0 Å². The fourth-order valence-corrected chi connectivity index (χ4v) is 1.35. The topological polar surface area (TPSA) is 37.4 Å². The second-order valence-electron chi connectivity index (χ2n) is 2.88. The highest BCUT2D eigenvalue weighted by atomic mass is 16.2. The van der Waals surface area contributed by atoms with Gasteiger partial charge in [0.05, 0.1) is 0 Å². The Morgan fingerprint density at radius 3 is 2.91 bits per heavy atom. The van der Waals surface area contributed by atoms with Crippen LogP contribution in [0.5, 0.6) is 0 Å². The van der Waals surface area contributed by atoms with E-state index in [1.54, 1.807) is 4.90 Å². The van der Waals surface area contributed by atoms with Crippen molar-refractivity contribution in [1.82, 2.24) is 4.90 Å². The average molecular weight is 155 g/mol. The minimum atomic E-state index is 0.0884. The fourth-order valence-electron chi connectivity index (χ4n) is 1.35. The van der Waals surface area contributed by atoms with Crippen LogP contribution in [0.1, 0.15) is 19.8 Å². The van der Waals surface area contributed by atoms with Crippen LogP contribution in [-0.4, -0.2) is 30.2 Å². The molecule has 0 aliphatic carbocycles. The second kappa shape index (κ2) is 3.51. The molecule has 0 aromatic rings. The number of likely N-dealkylation sites (tertiary alicyclic amines) is 1. The van der Waals surface area contributed by atoms with Crippen molar-refractivity contribution >= 4 is 12.2 Å². The molecule has 0 aromatic carbocycles. The Hall–Kier alpha value is -0.860. The van der Waals surface area contributed by atoms with Gasteiger partial charge in [-0.25, -0.2) is 0 Å². The van der Waals surface area contributed by atoms with Crippen LogP contribution in [0.3, 0.4) is 0 Å². The van der Waals surface area contributed by atoms with Crippen LogP contribution < -0.4 is 0 Å². The molecule has 1 heterocycles. The lowest BCUT2D eigenvalue weighted by atomic mass is 10.1. The van der Waals surface area contributed by atoms with E-state index in [4.69, 9.17) is 0 Å². The van der Waals surface area contributed by atoms with Crippen LogP contribution in [0.2, 0.25) is 0 Å². The molecule has 0 bridgehead atoms. The number of carbonyl (C=O) groups excluding carboxylic acids is 2. The molecule has 1 atom stereocenters. The van der Waals surface area contributed by atoms with Gasteiger partial charge in [0, 0.05) is 25.4 Å². The molecule has 1 rings (SSSR count). The summed E-state index contributed by atoms with van der Waals surface area (Å²) in [6.45, 7) is 3.24. The van der Waals surface area contributed by atoms with Gasteiger partial charge in [0.2, 0.25) is 5.91 Å². The molecule has 0 spiro atoms. The zero-order valence-corrected chi connectivity index (χ0v) is 6.75. The highest BCUT2D eigenvalue weighted by Gasteiger charge is 2.24. The van der Waals surface area contributed by atoms with E-state index in [1.165, 1.54) is 0 Å². The van der Waals surface area contributed by atoms with Gasteiger partial charge in [-0.3, -0.25) is 4.79 Å². The van der Waals surface area contributed by atoms with E-state index in [1.807, 2.05) is 6.92 Å². The normalized spacial score (nSPS) is 23.7. The van der Waals surface area contributed by atoms with Crippen LogP contribution in [0.25, 0.3) is 0 Å². The van der Waals surface area contributed by atoms with Crippen molar-refractivity contribution in [2.75, 3.05) is 13.1 Å². The molecule has 0 aromatic heterocycles. The van der Waals surface area contributed by atoms with Crippen molar-refractivity contribution in [1.29, 1.82) is 0 Å². The number of rotatable bonds is 2. The average Bonchev–Trinajstić information content (AvgIpc) is 2.50. The molecule has 62 valence electrons.